The molecular formula is C18H21N5O. The molecule has 1 aliphatic carbocycles. The summed E-state index contributed by atoms with van der Waals surface area (Å²) in [6.07, 6.45) is 11.4. The van der Waals surface area contributed by atoms with Crippen molar-refractivity contribution in [1.82, 2.24) is 20.1 Å². The van der Waals surface area contributed by atoms with Gasteiger partial charge >= 0.3 is 0 Å². The number of ether oxygens (including phenoxy) is 1. The molecule has 0 unspecified atom stereocenters. The summed E-state index contributed by atoms with van der Waals surface area (Å²) >= 11 is 0. The maximum absolute atomic E-state index is 8.78. The van der Waals surface area contributed by atoms with E-state index in [1.165, 1.54) is 0 Å². The molecule has 1 N–H and O–H groups in total. The van der Waals surface area contributed by atoms with Crippen molar-refractivity contribution >= 4 is 6.20 Å². The lowest BCUT2D eigenvalue weighted by atomic mass is 9.93. The zero-order valence-corrected chi connectivity index (χ0v) is 13.6. The van der Waals surface area contributed by atoms with Crippen LogP contribution in [-0.4, -0.2) is 26.9 Å². The molecular weight excluding hydrogens is 302 g/mol. The fourth-order valence-electron chi connectivity index (χ4n) is 2.90. The third kappa shape index (κ3) is 4.21. The molecule has 0 aliphatic heterocycles. The molecule has 3 rings (SSSR count). The highest BCUT2D eigenvalue weighted by molar-refractivity contribution is 5.28. The van der Waals surface area contributed by atoms with Crippen molar-refractivity contribution < 1.29 is 4.74 Å². The molecule has 2 aromatic heterocycles. The van der Waals surface area contributed by atoms with Gasteiger partial charge in [0, 0.05) is 42.8 Å². The standard InChI is InChI=1S/C18H21N5O/c1-2-23-13-15(12-22-23)11-20-16-4-6-17(7-5-16)24-18-8-3-14(9-19)10-21-18/h2-3,8,10,12-13,16-17,20H,1,4-7,11H2. The van der Waals surface area contributed by atoms with Crippen LogP contribution in [0.15, 0.2) is 37.3 Å². The quantitative estimate of drug-likeness (QED) is 0.884. The fraction of sp³-hybridized carbons (Fsp3) is 0.389. The van der Waals surface area contributed by atoms with Crippen molar-refractivity contribution in [3.63, 3.8) is 0 Å². The first kappa shape index (κ1) is 16.2. The van der Waals surface area contributed by atoms with Crippen LogP contribution in [0.1, 0.15) is 36.8 Å². The third-order valence-electron chi connectivity index (χ3n) is 4.26. The van der Waals surface area contributed by atoms with E-state index in [-0.39, 0.29) is 6.10 Å². The minimum atomic E-state index is 0.201. The molecule has 0 radical (unpaired) electrons. The monoisotopic (exact) mass is 323 g/mol. The lowest BCUT2D eigenvalue weighted by Gasteiger charge is -2.29. The van der Waals surface area contributed by atoms with Crippen LogP contribution in [0.2, 0.25) is 0 Å². The van der Waals surface area contributed by atoms with Crippen molar-refractivity contribution in [2.75, 3.05) is 0 Å². The maximum Gasteiger partial charge on any atom is 0.213 e. The summed E-state index contributed by atoms with van der Waals surface area (Å²) in [6.45, 7) is 4.51. The van der Waals surface area contributed by atoms with Crippen molar-refractivity contribution in [2.45, 2.75) is 44.4 Å². The SMILES string of the molecule is C=Cn1cc(CNC2CCC(Oc3ccc(C#N)cn3)CC2)cn1. The van der Waals surface area contributed by atoms with E-state index in [2.05, 4.69) is 28.0 Å². The van der Waals surface area contributed by atoms with Gasteiger partial charge < -0.3 is 10.1 Å². The zero-order chi connectivity index (χ0) is 16.8. The summed E-state index contributed by atoms with van der Waals surface area (Å²) in [4.78, 5) is 4.17. The number of rotatable bonds is 6. The first-order chi connectivity index (χ1) is 11.8. The summed E-state index contributed by atoms with van der Waals surface area (Å²) in [5.41, 5.74) is 1.71. The Kier molecular flexibility index (Phi) is 5.24. The predicted octanol–water partition coefficient (Wildman–Crippen LogP) is 2.73. The van der Waals surface area contributed by atoms with Crippen molar-refractivity contribution in [3.8, 4) is 11.9 Å². The van der Waals surface area contributed by atoms with Crippen molar-refractivity contribution in [2.24, 2.45) is 0 Å². The molecule has 24 heavy (non-hydrogen) atoms. The van der Waals surface area contributed by atoms with Gasteiger partial charge in [0.2, 0.25) is 5.88 Å². The Morgan fingerprint density at radius 1 is 1.33 bits per heavy atom. The van der Waals surface area contributed by atoms with Gasteiger partial charge in [-0.3, -0.25) is 0 Å². The minimum Gasteiger partial charge on any atom is -0.474 e. The second-order valence-electron chi connectivity index (χ2n) is 5.98. The lowest BCUT2D eigenvalue weighted by Crippen LogP contribution is -2.36. The fourth-order valence-corrected chi connectivity index (χ4v) is 2.90. The normalized spacial score (nSPS) is 20.3. The Labute approximate surface area is 141 Å². The van der Waals surface area contributed by atoms with E-state index in [0.29, 0.717) is 17.5 Å². The van der Waals surface area contributed by atoms with E-state index in [1.807, 2.05) is 12.4 Å². The van der Waals surface area contributed by atoms with Crippen LogP contribution in [0.4, 0.5) is 0 Å². The van der Waals surface area contributed by atoms with Crippen LogP contribution in [-0.2, 0) is 6.54 Å². The largest absolute Gasteiger partial charge is 0.474 e. The number of hydrogen-bond donors (Lipinski definition) is 1. The van der Waals surface area contributed by atoms with Crippen LogP contribution >= 0.6 is 0 Å². The Balaban J connectivity index is 1.41. The predicted molar refractivity (Wildman–Crippen MR) is 91.1 cm³/mol. The van der Waals surface area contributed by atoms with Crippen LogP contribution in [0, 0.1) is 11.3 Å². The minimum absolute atomic E-state index is 0.201. The van der Waals surface area contributed by atoms with E-state index < -0.39 is 0 Å². The van der Waals surface area contributed by atoms with Gasteiger partial charge in [-0.2, -0.15) is 10.4 Å². The van der Waals surface area contributed by atoms with Crippen LogP contribution < -0.4 is 10.1 Å². The van der Waals surface area contributed by atoms with Crippen LogP contribution in [0.3, 0.4) is 0 Å². The van der Waals surface area contributed by atoms with Gasteiger partial charge in [0.25, 0.3) is 0 Å². The van der Waals surface area contributed by atoms with Crippen LogP contribution in [0.5, 0.6) is 5.88 Å². The molecule has 6 heteroatoms. The summed E-state index contributed by atoms with van der Waals surface area (Å²) in [7, 11) is 0. The molecule has 0 bridgehead atoms. The molecule has 0 amide bonds. The van der Waals surface area contributed by atoms with E-state index >= 15 is 0 Å². The van der Waals surface area contributed by atoms with Crippen LogP contribution in [0.25, 0.3) is 6.20 Å². The molecule has 6 nitrogen and oxygen atoms in total. The van der Waals surface area contributed by atoms with Gasteiger partial charge in [-0.25, -0.2) is 9.67 Å². The molecule has 2 aromatic rings. The number of pyridine rings is 1. The molecule has 124 valence electrons. The summed E-state index contributed by atoms with van der Waals surface area (Å²) in [6, 6.07) is 6.06. The summed E-state index contributed by atoms with van der Waals surface area (Å²) in [5.74, 6) is 0.599. The molecule has 1 fully saturated rings. The van der Waals surface area contributed by atoms with Gasteiger partial charge in [-0.05, 0) is 31.7 Å². The smallest absolute Gasteiger partial charge is 0.213 e. The highest BCUT2D eigenvalue weighted by Crippen LogP contribution is 2.23. The Hall–Kier alpha value is -2.65. The highest BCUT2D eigenvalue weighted by atomic mass is 16.5. The average molecular weight is 323 g/mol. The Morgan fingerprint density at radius 3 is 2.79 bits per heavy atom. The van der Waals surface area contributed by atoms with Gasteiger partial charge in [0.1, 0.15) is 12.2 Å². The maximum atomic E-state index is 8.78. The molecule has 1 aliphatic rings. The zero-order valence-electron chi connectivity index (χ0n) is 13.6. The van der Waals surface area contributed by atoms with Crippen molar-refractivity contribution in [1.29, 1.82) is 5.26 Å². The first-order valence-electron chi connectivity index (χ1n) is 8.18. The molecule has 0 saturated heterocycles. The van der Waals surface area contributed by atoms with Gasteiger partial charge in [0.05, 0.1) is 11.8 Å². The van der Waals surface area contributed by atoms with E-state index in [1.54, 1.807) is 29.2 Å². The van der Waals surface area contributed by atoms with Gasteiger partial charge in [-0.15, -0.1) is 0 Å². The molecule has 2 heterocycles. The second-order valence-corrected chi connectivity index (χ2v) is 5.98. The van der Waals surface area contributed by atoms with Gasteiger partial charge in [-0.1, -0.05) is 6.58 Å². The second kappa shape index (κ2) is 7.75. The first-order valence-corrected chi connectivity index (χ1v) is 8.18. The van der Waals surface area contributed by atoms with Gasteiger partial charge in [0.15, 0.2) is 0 Å². The average Bonchev–Trinajstić information content (AvgIpc) is 3.10. The molecule has 0 aromatic carbocycles. The number of nitrogens with zero attached hydrogens (tertiary/aromatic N) is 4. The lowest BCUT2D eigenvalue weighted by molar-refractivity contribution is 0.134. The molecule has 0 spiro atoms. The highest BCUT2D eigenvalue weighted by Gasteiger charge is 2.22. The number of aromatic nitrogens is 3. The van der Waals surface area contributed by atoms with Crippen molar-refractivity contribution in [3.05, 3.63) is 48.4 Å². The molecule has 1 saturated carbocycles. The number of hydrogen-bond acceptors (Lipinski definition) is 5. The number of nitrogens with one attached hydrogen (secondary N) is 1. The summed E-state index contributed by atoms with van der Waals surface area (Å²) in [5, 5.41) is 16.5. The topological polar surface area (TPSA) is 75.8 Å². The number of nitriles is 1. The summed E-state index contributed by atoms with van der Waals surface area (Å²) < 4.78 is 7.63. The Bertz CT molecular complexity index is 708. The van der Waals surface area contributed by atoms with E-state index in [9.17, 15) is 0 Å². The van der Waals surface area contributed by atoms with E-state index in [0.717, 1.165) is 37.8 Å². The third-order valence-corrected chi connectivity index (χ3v) is 4.26. The Morgan fingerprint density at radius 2 is 2.17 bits per heavy atom. The molecule has 0 atom stereocenters. The van der Waals surface area contributed by atoms with E-state index in [4.69, 9.17) is 10.00 Å².